The molecule has 0 saturated carbocycles. The van der Waals surface area contributed by atoms with Crippen LogP contribution in [0.2, 0.25) is 0 Å². The molecule has 0 radical (unpaired) electrons. The Balaban J connectivity index is 2.30. The number of hydrogen-bond acceptors (Lipinski definition) is 1. The van der Waals surface area contributed by atoms with Gasteiger partial charge in [-0.1, -0.05) is 6.07 Å². The van der Waals surface area contributed by atoms with Crippen LogP contribution in [-0.2, 0) is 0 Å². The number of halogens is 3. The van der Waals surface area contributed by atoms with E-state index < -0.39 is 5.82 Å². The van der Waals surface area contributed by atoms with Crippen molar-refractivity contribution >= 4 is 43.5 Å². The monoisotopic (exact) mass is 385 g/mol. The van der Waals surface area contributed by atoms with Gasteiger partial charge in [-0.25, -0.2) is 4.39 Å². The first kappa shape index (κ1) is 14.2. The zero-order valence-corrected chi connectivity index (χ0v) is 13.2. The molecule has 5 heteroatoms. The highest BCUT2D eigenvalue weighted by molar-refractivity contribution is 9.11. The van der Waals surface area contributed by atoms with Crippen molar-refractivity contribution in [2.24, 2.45) is 0 Å². The number of aryl methyl sites for hydroxylation is 1. The van der Waals surface area contributed by atoms with Gasteiger partial charge in [0.25, 0.3) is 5.91 Å². The summed E-state index contributed by atoms with van der Waals surface area (Å²) in [5.74, 6) is -0.811. The van der Waals surface area contributed by atoms with E-state index in [2.05, 4.69) is 37.2 Å². The summed E-state index contributed by atoms with van der Waals surface area (Å²) in [6.07, 6.45) is 0. The molecule has 0 aliphatic rings. The molecular weight excluding hydrogens is 377 g/mol. The molecule has 2 rings (SSSR count). The van der Waals surface area contributed by atoms with Crippen LogP contribution in [0.5, 0.6) is 0 Å². The highest BCUT2D eigenvalue weighted by Crippen LogP contribution is 2.25. The topological polar surface area (TPSA) is 29.1 Å². The quantitative estimate of drug-likeness (QED) is 0.780. The van der Waals surface area contributed by atoms with E-state index >= 15 is 0 Å². The van der Waals surface area contributed by atoms with E-state index in [1.54, 1.807) is 0 Å². The molecule has 19 heavy (non-hydrogen) atoms. The average molecular weight is 387 g/mol. The fourth-order valence-corrected chi connectivity index (χ4v) is 2.37. The van der Waals surface area contributed by atoms with Crippen LogP contribution in [0.4, 0.5) is 10.1 Å². The van der Waals surface area contributed by atoms with Gasteiger partial charge < -0.3 is 5.32 Å². The van der Waals surface area contributed by atoms with Gasteiger partial charge in [0.2, 0.25) is 0 Å². The number of amides is 1. The summed E-state index contributed by atoms with van der Waals surface area (Å²) in [7, 11) is 0. The normalized spacial score (nSPS) is 10.3. The number of hydrogen-bond donors (Lipinski definition) is 1. The van der Waals surface area contributed by atoms with Gasteiger partial charge in [0.05, 0.1) is 11.3 Å². The van der Waals surface area contributed by atoms with E-state index in [4.69, 9.17) is 0 Å². The largest absolute Gasteiger partial charge is 0.321 e. The van der Waals surface area contributed by atoms with Crippen molar-refractivity contribution in [3.8, 4) is 0 Å². The second-order valence-electron chi connectivity index (χ2n) is 4.06. The first-order valence-electron chi connectivity index (χ1n) is 5.50. The summed E-state index contributed by atoms with van der Waals surface area (Å²) < 4.78 is 14.5. The Morgan fingerprint density at radius 3 is 2.53 bits per heavy atom. The van der Waals surface area contributed by atoms with Crippen molar-refractivity contribution in [2.75, 3.05) is 5.32 Å². The van der Waals surface area contributed by atoms with Gasteiger partial charge in [0, 0.05) is 8.95 Å². The van der Waals surface area contributed by atoms with Crippen LogP contribution in [0.15, 0.2) is 45.3 Å². The first-order chi connectivity index (χ1) is 8.97. The number of carbonyl (C=O) groups excluding carboxylic acids is 1. The molecule has 0 saturated heterocycles. The highest BCUT2D eigenvalue weighted by atomic mass is 79.9. The predicted molar refractivity (Wildman–Crippen MR) is 80.9 cm³/mol. The van der Waals surface area contributed by atoms with E-state index in [9.17, 15) is 9.18 Å². The Bertz CT molecular complexity index is 643. The third-order valence-electron chi connectivity index (χ3n) is 2.54. The lowest BCUT2D eigenvalue weighted by molar-refractivity contribution is 0.102. The second kappa shape index (κ2) is 5.84. The molecule has 0 heterocycles. The molecule has 0 aliphatic heterocycles. The maximum absolute atomic E-state index is 13.2. The lowest BCUT2D eigenvalue weighted by atomic mass is 10.2. The van der Waals surface area contributed by atoms with Crippen LogP contribution in [0.3, 0.4) is 0 Å². The number of carbonyl (C=O) groups is 1. The highest BCUT2D eigenvalue weighted by Gasteiger charge is 2.12. The maximum Gasteiger partial charge on any atom is 0.256 e. The van der Waals surface area contributed by atoms with Crippen molar-refractivity contribution in [3.63, 3.8) is 0 Å². The van der Waals surface area contributed by atoms with E-state index in [-0.39, 0.29) is 11.5 Å². The van der Waals surface area contributed by atoms with Crippen LogP contribution >= 0.6 is 31.9 Å². The minimum Gasteiger partial charge on any atom is -0.321 e. The van der Waals surface area contributed by atoms with Gasteiger partial charge in [-0.2, -0.15) is 0 Å². The van der Waals surface area contributed by atoms with E-state index in [1.165, 1.54) is 18.2 Å². The van der Waals surface area contributed by atoms with E-state index in [0.717, 1.165) is 10.0 Å². The molecule has 2 aromatic carbocycles. The van der Waals surface area contributed by atoms with Gasteiger partial charge in [-0.05, 0) is 74.7 Å². The molecule has 0 unspecified atom stereocenters. The Labute approximate surface area is 127 Å². The summed E-state index contributed by atoms with van der Waals surface area (Å²) in [6.45, 7) is 1.93. The summed E-state index contributed by atoms with van der Waals surface area (Å²) in [5.41, 5.74) is 1.94. The molecule has 1 N–H and O–H groups in total. The van der Waals surface area contributed by atoms with Crippen molar-refractivity contribution in [3.05, 3.63) is 62.3 Å². The molecule has 0 spiro atoms. The third-order valence-corrected chi connectivity index (χ3v) is 3.93. The van der Waals surface area contributed by atoms with Crippen molar-refractivity contribution < 1.29 is 9.18 Å². The zero-order chi connectivity index (χ0) is 14.0. The lowest BCUT2D eigenvalue weighted by Crippen LogP contribution is -2.13. The number of benzene rings is 2. The first-order valence-corrected chi connectivity index (χ1v) is 7.08. The molecule has 1 amide bonds. The SMILES string of the molecule is Cc1ccc(Br)c(NC(=O)c2cc(F)ccc2Br)c1. The number of rotatable bonds is 2. The summed E-state index contributed by atoms with van der Waals surface area (Å²) in [5, 5.41) is 2.75. The Kier molecular flexibility index (Phi) is 4.37. The van der Waals surface area contributed by atoms with Gasteiger partial charge in [0.1, 0.15) is 5.82 Å². The molecule has 98 valence electrons. The zero-order valence-electron chi connectivity index (χ0n) is 10.0. The molecule has 2 nitrogen and oxygen atoms in total. The van der Waals surface area contributed by atoms with Gasteiger partial charge in [-0.3, -0.25) is 4.79 Å². The fourth-order valence-electron chi connectivity index (χ4n) is 1.60. The van der Waals surface area contributed by atoms with Crippen LogP contribution in [0.25, 0.3) is 0 Å². The molecule has 0 aromatic heterocycles. The van der Waals surface area contributed by atoms with Crippen molar-refractivity contribution in [1.82, 2.24) is 0 Å². The molecule has 0 fully saturated rings. The Hall–Kier alpha value is -1.20. The van der Waals surface area contributed by atoms with Gasteiger partial charge in [0.15, 0.2) is 0 Å². The molecular formula is C14H10Br2FNO. The standard InChI is InChI=1S/C14H10Br2FNO/c1-8-2-4-12(16)13(6-8)18-14(19)10-7-9(17)3-5-11(10)15/h2-7H,1H3,(H,18,19). The van der Waals surface area contributed by atoms with Gasteiger partial charge in [-0.15, -0.1) is 0 Å². The molecule has 0 atom stereocenters. The average Bonchev–Trinajstić information content (AvgIpc) is 2.36. The predicted octanol–water partition coefficient (Wildman–Crippen LogP) is 4.91. The smallest absolute Gasteiger partial charge is 0.256 e. The van der Waals surface area contributed by atoms with Crippen molar-refractivity contribution in [2.45, 2.75) is 6.92 Å². The van der Waals surface area contributed by atoms with Crippen LogP contribution in [0, 0.1) is 12.7 Å². The van der Waals surface area contributed by atoms with Crippen molar-refractivity contribution in [1.29, 1.82) is 0 Å². The van der Waals surface area contributed by atoms with E-state index in [0.29, 0.717) is 10.2 Å². The third kappa shape index (κ3) is 3.42. The lowest BCUT2D eigenvalue weighted by Gasteiger charge is -2.09. The fraction of sp³-hybridized carbons (Fsp3) is 0.0714. The maximum atomic E-state index is 13.2. The number of anilines is 1. The summed E-state index contributed by atoms with van der Waals surface area (Å²) in [4.78, 5) is 12.1. The van der Waals surface area contributed by atoms with Gasteiger partial charge >= 0.3 is 0 Å². The second-order valence-corrected chi connectivity index (χ2v) is 5.77. The van der Waals surface area contributed by atoms with Crippen LogP contribution in [0.1, 0.15) is 15.9 Å². The minimum absolute atomic E-state index is 0.258. The minimum atomic E-state index is -0.448. The van der Waals surface area contributed by atoms with Crippen LogP contribution in [-0.4, -0.2) is 5.91 Å². The molecule has 0 aliphatic carbocycles. The summed E-state index contributed by atoms with van der Waals surface area (Å²) in [6, 6.07) is 9.63. The number of nitrogens with one attached hydrogen (secondary N) is 1. The molecule has 0 bridgehead atoms. The summed E-state index contributed by atoms with van der Waals surface area (Å²) >= 11 is 6.60. The van der Waals surface area contributed by atoms with Crippen LogP contribution < -0.4 is 5.32 Å². The molecule has 2 aromatic rings. The Morgan fingerprint density at radius 2 is 1.79 bits per heavy atom. The van der Waals surface area contributed by atoms with E-state index in [1.807, 2.05) is 25.1 Å². The Morgan fingerprint density at radius 1 is 1.11 bits per heavy atom.